The molecule has 296 valence electrons. The molecule has 0 saturated heterocycles. The summed E-state index contributed by atoms with van der Waals surface area (Å²) >= 11 is 1.46. The quantitative estimate of drug-likeness (QED) is 0.0488. The number of carbonyl (C=O) groups excluding carboxylic acids is 2. The Hall–Kier alpha value is -5.83. The number of hydrogen-bond donors (Lipinski definition) is 0. The van der Waals surface area contributed by atoms with E-state index in [-0.39, 0.29) is 31.2 Å². The Kier molecular flexibility index (Phi) is 12.3. The lowest BCUT2D eigenvalue weighted by molar-refractivity contribution is -0.159. The number of aromatic nitrogens is 2. The van der Waals surface area contributed by atoms with Crippen molar-refractivity contribution in [3.63, 3.8) is 0 Å². The van der Waals surface area contributed by atoms with Gasteiger partial charge in [-0.3, -0.25) is 9.59 Å². The van der Waals surface area contributed by atoms with E-state index in [9.17, 15) is 35.9 Å². The second-order valence-electron chi connectivity index (χ2n) is 13.0. The number of oxazole rings is 2. The van der Waals surface area contributed by atoms with Crippen molar-refractivity contribution >= 4 is 23.7 Å². The molecule has 0 spiro atoms. The Labute approximate surface area is 327 Å². The number of esters is 2. The van der Waals surface area contributed by atoms with Gasteiger partial charge >= 0.3 is 24.3 Å². The molecule has 0 amide bonds. The highest BCUT2D eigenvalue weighted by Gasteiger charge is 2.31. The molecule has 4 aromatic carbocycles. The molecule has 6 aromatic rings. The molecule has 0 aliphatic rings. The van der Waals surface area contributed by atoms with Crippen molar-refractivity contribution in [1.29, 1.82) is 0 Å². The molecule has 0 atom stereocenters. The average Bonchev–Trinajstić information content (AvgIpc) is 3.73. The Morgan fingerprint density at radius 3 is 1.77 bits per heavy atom. The Morgan fingerprint density at radius 1 is 0.684 bits per heavy atom. The summed E-state index contributed by atoms with van der Waals surface area (Å²) in [5.41, 5.74) is 2.84. The monoisotopic (exact) mass is 808 g/mol. The fraction of sp³-hybridized carbons (Fsp3) is 0.238. The minimum Gasteiger partial charge on any atom is -0.486 e. The van der Waals surface area contributed by atoms with Gasteiger partial charge in [0.2, 0.25) is 11.8 Å². The summed E-state index contributed by atoms with van der Waals surface area (Å²) in [6, 6.07) is 21.6. The maximum absolute atomic E-state index is 12.9. The molecule has 15 heteroatoms. The second kappa shape index (κ2) is 17.1. The van der Waals surface area contributed by atoms with Crippen molar-refractivity contribution in [2.75, 3.05) is 0 Å². The van der Waals surface area contributed by atoms with Crippen LogP contribution in [-0.4, -0.2) is 21.9 Å². The molecule has 0 N–H and O–H groups in total. The second-order valence-corrected chi connectivity index (χ2v) is 14.1. The third kappa shape index (κ3) is 10.7. The summed E-state index contributed by atoms with van der Waals surface area (Å²) in [5.74, 6) is 1.03. The van der Waals surface area contributed by atoms with Crippen LogP contribution in [-0.2, 0) is 51.9 Å². The minimum atomic E-state index is -4.44. The van der Waals surface area contributed by atoms with Gasteiger partial charge < -0.3 is 18.3 Å². The van der Waals surface area contributed by atoms with E-state index < -0.39 is 35.4 Å². The number of thioether (sulfide) groups is 1. The van der Waals surface area contributed by atoms with Gasteiger partial charge in [-0.15, -0.1) is 11.8 Å². The zero-order valence-electron chi connectivity index (χ0n) is 30.7. The summed E-state index contributed by atoms with van der Waals surface area (Å²) in [5, 5.41) is 0. The molecule has 0 fully saturated rings. The summed E-state index contributed by atoms with van der Waals surface area (Å²) in [4.78, 5) is 34.6. The van der Waals surface area contributed by atoms with Gasteiger partial charge in [0.05, 0.1) is 41.1 Å². The van der Waals surface area contributed by atoms with Crippen molar-refractivity contribution in [2.24, 2.45) is 0 Å². The molecule has 2 heterocycles. The molecule has 0 saturated carbocycles. The lowest BCUT2D eigenvalue weighted by Gasteiger charge is -2.10. The molecule has 0 bridgehead atoms. The average molecular weight is 809 g/mol. The van der Waals surface area contributed by atoms with Gasteiger partial charge in [-0.25, -0.2) is 9.97 Å². The van der Waals surface area contributed by atoms with Crippen LogP contribution in [0, 0.1) is 20.8 Å². The summed E-state index contributed by atoms with van der Waals surface area (Å²) in [7, 11) is 0. The lowest BCUT2D eigenvalue weighted by atomic mass is 10.0. The van der Waals surface area contributed by atoms with E-state index in [4.69, 9.17) is 18.3 Å². The van der Waals surface area contributed by atoms with Gasteiger partial charge in [0.15, 0.2) is 5.76 Å². The van der Waals surface area contributed by atoms with Crippen LogP contribution in [0.25, 0.3) is 22.9 Å². The van der Waals surface area contributed by atoms with Crippen LogP contribution in [0.15, 0.2) is 105 Å². The Morgan fingerprint density at radius 2 is 1.23 bits per heavy atom. The highest BCUT2D eigenvalue weighted by atomic mass is 32.2. The van der Waals surface area contributed by atoms with Crippen molar-refractivity contribution < 1.29 is 54.2 Å². The molecule has 8 nitrogen and oxygen atoms in total. The standard InChI is InChI=1S/C42H34F6N2O6S/c1-24-20-33(53-22-35-25(2)49-39(54-35)29-6-12-31(13-7-29)41(43,44)45)16-10-28(24)11-19-37(51)56-38(52)21-27-4-17-34(18-5-27)57-23-36-26(3)50-40(55-36)30-8-14-32(15-9-30)42(46,47)48/h4-10,12-18,20H,11,19,21-23H2,1-3H3. The van der Waals surface area contributed by atoms with Gasteiger partial charge in [-0.1, -0.05) is 18.2 Å². The zero-order valence-corrected chi connectivity index (χ0v) is 31.5. The topological polar surface area (TPSA) is 105 Å². The first-order valence-electron chi connectivity index (χ1n) is 17.5. The number of aryl methyl sites for hydroxylation is 4. The zero-order chi connectivity index (χ0) is 40.9. The Balaban J connectivity index is 0.928. The molecule has 0 unspecified atom stereocenters. The lowest BCUT2D eigenvalue weighted by Crippen LogP contribution is -2.15. The van der Waals surface area contributed by atoms with E-state index in [1.807, 2.05) is 25.1 Å². The molecular weight excluding hydrogens is 775 g/mol. The van der Waals surface area contributed by atoms with Crippen molar-refractivity contribution in [3.05, 3.63) is 142 Å². The van der Waals surface area contributed by atoms with E-state index in [0.717, 1.165) is 40.3 Å². The van der Waals surface area contributed by atoms with Crippen LogP contribution in [0.3, 0.4) is 0 Å². The van der Waals surface area contributed by atoms with Gasteiger partial charge in [0, 0.05) is 16.0 Å². The maximum atomic E-state index is 12.9. The highest BCUT2D eigenvalue weighted by molar-refractivity contribution is 7.98. The van der Waals surface area contributed by atoms with Crippen LogP contribution in [0.5, 0.6) is 5.75 Å². The number of alkyl halides is 6. The van der Waals surface area contributed by atoms with Gasteiger partial charge in [-0.05, 0) is 117 Å². The first-order valence-corrected chi connectivity index (χ1v) is 18.5. The van der Waals surface area contributed by atoms with E-state index in [0.29, 0.717) is 57.5 Å². The van der Waals surface area contributed by atoms with E-state index in [1.54, 1.807) is 38.1 Å². The number of ether oxygens (including phenoxy) is 2. The largest absolute Gasteiger partial charge is 0.486 e. The molecule has 0 aliphatic heterocycles. The maximum Gasteiger partial charge on any atom is 0.416 e. The summed E-state index contributed by atoms with van der Waals surface area (Å²) in [6.07, 6.45) is -8.66. The van der Waals surface area contributed by atoms with E-state index in [2.05, 4.69) is 9.97 Å². The van der Waals surface area contributed by atoms with Crippen molar-refractivity contribution in [1.82, 2.24) is 9.97 Å². The van der Waals surface area contributed by atoms with Crippen LogP contribution in [0.1, 0.15) is 57.1 Å². The molecule has 57 heavy (non-hydrogen) atoms. The highest BCUT2D eigenvalue weighted by Crippen LogP contribution is 2.34. The third-order valence-corrected chi connectivity index (χ3v) is 9.87. The number of rotatable bonds is 13. The fourth-order valence-corrected chi connectivity index (χ4v) is 6.53. The Bertz CT molecular complexity index is 2350. The first-order chi connectivity index (χ1) is 27.0. The number of nitrogens with zero attached hydrogens (tertiary/aromatic N) is 2. The number of hydrogen-bond acceptors (Lipinski definition) is 9. The fourth-order valence-electron chi connectivity index (χ4n) is 5.63. The molecular formula is C42H34F6N2O6S. The van der Waals surface area contributed by atoms with Crippen LogP contribution in [0.2, 0.25) is 0 Å². The predicted molar refractivity (Wildman–Crippen MR) is 198 cm³/mol. The molecule has 6 rings (SSSR count). The molecule has 2 aromatic heterocycles. The number of benzene rings is 4. The van der Waals surface area contributed by atoms with E-state index >= 15 is 0 Å². The van der Waals surface area contributed by atoms with Gasteiger partial charge in [0.1, 0.15) is 18.1 Å². The number of halogens is 6. The predicted octanol–water partition coefficient (Wildman–Crippen LogP) is 11.1. The third-order valence-electron chi connectivity index (χ3n) is 8.86. The summed E-state index contributed by atoms with van der Waals surface area (Å²) in [6.45, 7) is 5.36. The van der Waals surface area contributed by atoms with Gasteiger partial charge in [0.25, 0.3) is 0 Å². The molecule has 0 radical (unpaired) electrons. The van der Waals surface area contributed by atoms with E-state index in [1.165, 1.54) is 36.0 Å². The SMILES string of the molecule is Cc1cc(OCc2oc(-c3ccc(C(F)(F)F)cc3)nc2C)ccc1CCC(=O)OC(=O)Cc1ccc(SCc2oc(-c3ccc(C(F)(F)F)cc3)nc2C)cc1. The van der Waals surface area contributed by atoms with Crippen LogP contribution in [0.4, 0.5) is 26.3 Å². The van der Waals surface area contributed by atoms with Crippen molar-refractivity contribution in [3.8, 4) is 28.7 Å². The van der Waals surface area contributed by atoms with Crippen LogP contribution < -0.4 is 4.74 Å². The van der Waals surface area contributed by atoms with Crippen LogP contribution >= 0.6 is 11.8 Å². The summed E-state index contributed by atoms with van der Waals surface area (Å²) < 4.78 is 100.0. The minimum absolute atomic E-state index is 0.0199. The van der Waals surface area contributed by atoms with Gasteiger partial charge in [-0.2, -0.15) is 26.3 Å². The normalized spacial score (nSPS) is 11.8. The molecule has 0 aliphatic carbocycles. The van der Waals surface area contributed by atoms with Crippen molar-refractivity contribution in [2.45, 2.75) is 69.6 Å². The number of carbonyl (C=O) groups is 2. The smallest absolute Gasteiger partial charge is 0.416 e. The first kappa shape index (κ1) is 40.8.